The SMILES string of the molecule is O=C1C(=O)N(Cc2ccco2)c2ccccc21. The number of furan rings is 1. The van der Waals surface area contributed by atoms with E-state index in [1.54, 1.807) is 42.7 Å². The molecule has 0 fully saturated rings. The molecular formula is C13H9NO3. The second-order valence-corrected chi connectivity index (χ2v) is 3.82. The molecule has 2 heterocycles. The summed E-state index contributed by atoms with van der Waals surface area (Å²) in [5.74, 6) is -0.294. The third kappa shape index (κ3) is 1.45. The van der Waals surface area contributed by atoms with Crippen LogP contribution in [-0.2, 0) is 11.3 Å². The monoisotopic (exact) mass is 227 g/mol. The second-order valence-electron chi connectivity index (χ2n) is 3.82. The van der Waals surface area contributed by atoms with Crippen molar-refractivity contribution >= 4 is 17.4 Å². The summed E-state index contributed by atoms with van der Waals surface area (Å²) < 4.78 is 5.19. The first-order chi connectivity index (χ1) is 8.27. The molecule has 1 amide bonds. The van der Waals surface area contributed by atoms with Crippen molar-refractivity contribution in [1.29, 1.82) is 0 Å². The highest BCUT2D eigenvalue weighted by Gasteiger charge is 2.35. The van der Waals surface area contributed by atoms with E-state index in [1.165, 1.54) is 4.90 Å². The van der Waals surface area contributed by atoms with Crippen LogP contribution in [0.25, 0.3) is 0 Å². The zero-order valence-corrected chi connectivity index (χ0v) is 8.92. The third-order valence-electron chi connectivity index (χ3n) is 2.77. The van der Waals surface area contributed by atoms with Gasteiger partial charge >= 0.3 is 0 Å². The van der Waals surface area contributed by atoms with Gasteiger partial charge in [0.15, 0.2) is 0 Å². The number of rotatable bonds is 2. The van der Waals surface area contributed by atoms with Crippen LogP contribution in [0.3, 0.4) is 0 Å². The van der Waals surface area contributed by atoms with Crippen LogP contribution < -0.4 is 4.90 Å². The molecule has 17 heavy (non-hydrogen) atoms. The smallest absolute Gasteiger partial charge is 0.299 e. The number of para-hydroxylation sites is 1. The predicted octanol–water partition coefficient (Wildman–Crippen LogP) is 2.01. The van der Waals surface area contributed by atoms with Gasteiger partial charge in [0.25, 0.3) is 11.7 Å². The molecule has 0 saturated heterocycles. The molecule has 2 aromatic rings. The Bertz CT molecular complexity index is 586. The molecule has 1 aromatic carbocycles. The average Bonchev–Trinajstić information content (AvgIpc) is 2.94. The van der Waals surface area contributed by atoms with Gasteiger partial charge in [-0.05, 0) is 24.3 Å². The fourth-order valence-corrected chi connectivity index (χ4v) is 1.96. The summed E-state index contributed by atoms with van der Waals surface area (Å²) in [5, 5.41) is 0. The van der Waals surface area contributed by atoms with Gasteiger partial charge in [0.05, 0.1) is 24.1 Å². The van der Waals surface area contributed by atoms with Crippen LogP contribution in [-0.4, -0.2) is 11.7 Å². The lowest BCUT2D eigenvalue weighted by Gasteiger charge is -2.14. The molecule has 1 aliphatic rings. The molecule has 0 aliphatic carbocycles. The Kier molecular flexibility index (Phi) is 2.08. The van der Waals surface area contributed by atoms with Gasteiger partial charge in [0.1, 0.15) is 5.76 Å². The van der Waals surface area contributed by atoms with Crippen LogP contribution in [0.2, 0.25) is 0 Å². The van der Waals surface area contributed by atoms with Crippen molar-refractivity contribution in [1.82, 2.24) is 0 Å². The van der Waals surface area contributed by atoms with Crippen LogP contribution >= 0.6 is 0 Å². The number of amides is 1. The van der Waals surface area contributed by atoms with Gasteiger partial charge in [-0.1, -0.05) is 12.1 Å². The molecule has 1 aromatic heterocycles. The van der Waals surface area contributed by atoms with E-state index in [2.05, 4.69) is 0 Å². The van der Waals surface area contributed by atoms with E-state index >= 15 is 0 Å². The van der Waals surface area contributed by atoms with Crippen molar-refractivity contribution < 1.29 is 14.0 Å². The van der Waals surface area contributed by atoms with E-state index in [1.807, 2.05) is 0 Å². The molecule has 0 bridgehead atoms. The van der Waals surface area contributed by atoms with Crippen LogP contribution in [0.4, 0.5) is 5.69 Å². The highest BCUT2D eigenvalue weighted by Crippen LogP contribution is 2.29. The molecular weight excluding hydrogens is 218 g/mol. The first kappa shape index (κ1) is 9.84. The predicted molar refractivity (Wildman–Crippen MR) is 60.7 cm³/mol. The van der Waals surface area contributed by atoms with Gasteiger partial charge in [-0.3, -0.25) is 14.5 Å². The van der Waals surface area contributed by atoms with Crippen LogP contribution in [0.1, 0.15) is 16.1 Å². The highest BCUT2D eigenvalue weighted by atomic mass is 16.3. The fraction of sp³-hybridized carbons (Fsp3) is 0.0769. The van der Waals surface area contributed by atoms with Crippen molar-refractivity contribution in [2.24, 2.45) is 0 Å². The summed E-state index contributed by atoms with van der Waals surface area (Å²) in [4.78, 5) is 25.0. The van der Waals surface area contributed by atoms with Gasteiger partial charge in [-0.25, -0.2) is 0 Å². The normalized spacial score (nSPS) is 14.2. The van der Waals surface area contributed by atoms with Gasteiger partial charge in [0.2, 0.25) is 0 Å². The maximum absolute atomic E-state index is 11.8. The minimum absolute atomic E-state index is 0.286. The van der Waals surface area contributed by atoms with E-state index < -0.39 is 11.7 Å². The molecule has 0 saturated carbocycles. The summed E-state index contributed by atoms with van der Waals surface area (Å²) >= 11 is 0. The summed E-state index contributed by atoms with van der Waals surface area (Å²) in [6, 6.07) is 10.5. The number of anilines is 1. The Morgan fingerprint density at radius 3 is 2.65 bits per heavy atom. The number of Topliss-reactive ketones (excluding diaryl/α,β-unsaturated/α-hetero) is 1. The van der Waals surface area contributed by atoms with E-state index in [9.17, 15) is 9.59 Å². The molecule has 84 valence electrons. The molecule has 0 radical (unpaired) electrons. The van der Waals surface area contributed by atoms with E-state index in [0.29, 0.717) is 17.0 Å². The summed E-state index contributed by atoms with van der Waals surface area (Å²) in [6.45, 7) is 0.286. The number of benzene rings is 1. The topological polar surface area (TPSA) is 50.5 Å². The summed E-state index contributed by atoms with van der Waals surface area (Å²) in [6.07, 6.45) is 1.55. The Balaban J connectivity index is 2.01. The summed E-state index contributed by atoms with van der Waals surface area (Å²) in [5.41, 5.74) is 1.11. The Morgan fingerprint density at radius 1 is 1.06 bits per heavy atom. The molecule has 1 aliphatic heterocycles. The minimum atomic E-state index is -0.498. The van der Waals surface area contributed by atoms with Gasteiger partial charge in [-0.15, -0.1) is 0 Å². The first-order valence-corrected chi connectivity index (χ1v) is 5.25. The lowest BCUT2D eigenvalue weighted by molar-refractivity contribution is -0.114. The van der Waals surface area contributed by atoms with E-state index in [4.69, 9.17) is 4.42 Å². The first-order valence-electron chi connectivity index (χ1n) is 5.25. The van der Waals surface area contributed by atoms with Crippen molar-refractivity contribution in [2.75, 3.05) is 4.90 Å². The van der Waals surface area contributed by atoms with Crippen molar-refractivity contribution in [3.63, 3.8) is 0 Å². The van der Waals surface area contributed by atoms with Crippen molar-refractivity contribution in [2.45, 2.75) is 6.54 Å². The maximum Gasteiger partial charge on any atom is 0.299 e. The highest BCUT2D eigenvalue weighted by molar-refractivity contribution is 6.52. The van der Waals surface area contributed by atoms with Gasteiger partial charge < -0.3 is 4.42 Å². The minimum Gasteiger partial charge on any atom is -0.467 e. The molecule has 0 atom stereocenters. The number of ketones is 1. The average molecular weight is 227 g/mol. The van der Waals surface area contributed by atoms with E-state index in [0.717, 1.165) is 0 Å². The van der Waals surface area contributed by atoms with Crippen LogP contribution in [0.5, 0.6) is 0 Å². The van der Waals surface area contributed by atoms with Gasteiger partial charge in [0, 0.05) is 0 Å². The second kappa shape index (κ2) is 3.59. The number of fused-ring (bicyclic) bond motifs is 1. The Hall–Kier alpha value is -2.36. The number of carbonyl (C=O) groups excluding carboxylic acids is 2. The number of nitrogens with zero attached hydrogens (tertiary/aromatic N) is 1. The van der Waals surface area contributed by atoms with Crippen LogP contribution in [0, 0.1) is 0 Å². The zero-order chi connectivity index (χ0) is 11.8. The summed E-state index contributed by atoms with van der Waals surface area (Å²) in [7, 11) is 0. The van der Waals surface area contributed by atoms with E-state index in [-0.39, 0.29) is 6.54 Å². The molecule has 0 spiro atoms. The third-order valence-corrected chi connectivity index (χ3v) is 2.77. The lowest BCUT2D eigenvalue weighted by atomic mass is 10.1. The molecule has 0 N–H and O–H groups in total. The number of hydrogen-bond donors (Lipinski definition) is 0. The van der Waals surface area contributed by atoms with Crippen LogP contribution in [0.15, 0.2) is 47.1 Å². The van der Waals surface area contributed by atoms with Crippen molar-refractivity contribution in [3.05, 3.63) is 54.0 Å². The zero-order valence-electron chi connectivity index (χ0n) is 8.92. The fourth-order valence-electron chi connectivity index (χ4n) is 1.96. The lowest BCUT2D eigenvalue weighted by Crippen LogP contribution is -2.28. The maximum atomic E-state index is 11.8. The number of carbonyl (C=O) groups is 2. The largest absolute Gasteiger partial charge is 0.467 e. The molecule has 0 unspecified atom stereocenters. The van der Waals surface area contributed by atoms with Crippen molar-refractivity contribution in [3.8, 4) is 0 Å². The molecule has 3 rings (SSSR count). The Labute approximate surface area is 97.5 Å². The number of hydrogen-bond acceptors (Lipinski definition) is 3. The molecule has 4 nitrogen and oxygen atoms in total. The molecule has 4 heteroatoms. The standard InChI is InChI=1S/C13H9NO3/c15-12-10-5-1-2-6-11(10)14(13(12)16)8-9-4-3-7-17-9/h1-7H,8H2. The van der Waals surface area contributed by atoms with Gasteiger partial charge in [-0.2, -0.15) is 0 Å². The Morgan fingerprint density at radius 2 is 1.88 bits per heavy atom. The quantitative estimate of drug-likeness (QED) is 0.737.